The molecule has 1 heterocycles. The summed E-state index contributed by atoms with van der Waals surface area (Å²) in [7, 11) is 0. The summed E-state index contributed by atoms with van der Waals surface area (Å²) >= 11 is 0. The molecule has 2 aliphatic rings. The minimum atomic E-state index is -4.60. The zero-order valence-corrected chi connectivity index (χ0v) is 15.5. The fraction of sp³-hybridized carbons (Fsp3) is 0.632. The maximum Gasteiger partial charge on any atom is 0.415 e. The van der Waals surface area contributed by atoms with Gasteiger partial charge in [0.1, 0.15) is 11.9 Å². The zero-order valence-electron chi connectivity index (χ0n) is 15.5. The molecular weight excluding hydrogens is 359 g/mol. The molecule has 0 aromatic carbocycles. The number of amides is 2. The molecule has 0 unspecified atom stereocenters. The van der Waals surface area contributed by atoms with Crippen molar-refractivity contribution in [2.24, 2.45) is 0 Å². The van der Waals surface area contributed by atoms with Crippen LogP contribution >= 0.6 is 0 Å². The second kappa shape index (κ2) is 9.82. The lowest BCUT2D eigenvalue weighted by atomic mass is 9.96. The second-order valence-corrected chi connectivity index (χ2v) is 7.00. The molecule has 8 heteroatoms. The van der Waals surface area contributed by atoms with E-state index in [0.29, 0.717) is 0 Å². The van der Waals surface area contributed by atoms with E-state index in [4.69, 9.17) is 4.74 Å². The third kappa shape index (κ3) is 7.28. The Morgan fingerprint density at radius 2 is 1.70 bits per heavy atom. The number of halogens is 3. The second-order valence-electron chi connectivity index (χ2n) is 7.00. The van der Waals surface area contributed by atoms with Gasteiger partial charge in [-0.1, -0.05) is 32.4 Å². The molecule has 5 nitrogen and oxygen atoms in total. The molecule has 1 saturated heterocycles. The highest BCUT2D eigenvalue weighted by molar-refractivity contribution is 5.77. The average Bonchev–Trinajstić information content (AvgIpc) is 2.62. The first-order chi connectivity index (χ1) is 12.8. The molecule has 0 aromatic heterocycles. The Morgan fingerprint density at radius 1 is 1.07 bits per heavy atom. The fourth-order valence-electron chi connectivity index (χ4n) is 3.21. The van der Waals surface area contributed by atoms with E-state index < -0.39 is 17.8 Å². The van der Waals surface area contributed by atoms with E-state index >= 15 is 0 Å². The highest BCUT2D eigenvalue weighted by atomic mass is 19.4. The van der Waals surface area contributed by atoms with Gasteiger partial charge in [-0.3, -0.25) is 0 Å². The Hall–Kier alpha value is -1.96. The maximum absolute atomic E-state index is 12.9. The molecule has 0 aromatic rings. The van der Waals surface area contributed by atoms with Gasteiger partial charge in [-0.25, -0.2) is 4.79 Å². The lowest BCUT2D eigenvalue weighted by Gasteiger charge is -2.27. The number of urea groups is 1. The van der Waals surface area contributed by atoms with E-state index in [1.54, 1.807) is 0 Å². The van der Waals surface area contributed by atoms with Crippen molar-refractivity contribution in [2.45, 2.75) is 63.3 Å². The number of nitrogens with one attached hydrogen (secondary N) is 3. The number of piperidine rings is 1. The SMILES string of the molecule is C=C(OC1CCNCC1)/C(=C\C(=C)C(F)(F)F)NC(=O)NC1CCCCC1. The van der Waals surface area contributed by atoms with Crippen LogP contribution in [0.5, 0.6) is 0 Å². The van der Waals surface area contributed by atoms with Gasteiger partial charge in [-0.05, 0) is 44.8 Å². The summed E-state index contributed by atoms with van der Waals surface area (Å²) in [4.78, 5) is 12.3. The molecule has 0 bridgehead atoms. The number of ether oxygens (including phenoxy) is 1. The topological polar surface area (TPSA) is 62.4 Å². The third-order valence-corrected chi connectivity index (χ3v) is 4.77. The smallest absolute Gasteiger partial charge is 0.415 e. The van der Waals surface area contributed by atoms with E-state index in [9.17, 15) is 18.0 Å². The van der Waals surface area contributed by atoms with Gasteiger partial charge in [0.2, 0.25) is 0 Å². The fourth-order valence-corrected chi connectivity index (χ4v) is 3.21. The molecular formula is C19H28F3N3O2. The Balaban J connectivity index is 2.03. The third-order valence-electron chi connectivity index (χ3n) is 4.77. The van der Waals surface area contributed by atoms with Crippen LogP contribution in [0.1, 0.15) is 44.9 Å². The van der Waals surface area contributed by atoms with Crippen LogP contribution in [-0.4, -0.2) is 37.4 Å². The van der Waals surface area contributed by atoms with E-state index in [1.807, 2.05) is 0 Å². The maximum atomic E-state index is 12.9. The molecule has 2 amide bonds. The van der Waals surface area contributed by atoms with Gasteiger partial charge in [0, 0.05) is 6.04 Å². The molecule has 2 rings (SSSR count). The first-order valence-corrected chi connectivity index (χ1v) is 9.37. The summed E-state index contributed by atoms with van der Waals surface area (Å²) < 4.78 is 44.4. The Morgan fingerprint density at radius 3 is 2.30 bits per heavy atom. The summed E-state index contributed by atoms with van der Waals surface area (Å²) in [5.41, 5.74) is -1.20. The average molecular weight is 387 g/mol. The lowest BCUT2D eigenvalue weighted by molar-refractivity contribution is -0.0879. The van der Waals surface area contributed by atoms with E-state index in [0.717, 1.165) is 64.1 Å². The monoisotopic (exact) mass is 387 g/mol. The van der Waals surface area contributed by atoms with Gasteiger partial charge < -0.3 is 20.7 Å². The van der Waals surface area contributed by atoms with Crippen LogP contribution in [0.25, 0.3) is 0 Å². The van der Waals surface area contributed by atoms with Crippen LogP contribution in [0.2, 0.25) is 0 Å². The summed E-state index contributed by atoms with van der Waals surface area (Å²) in [6, 6.07) is -0.525. The number of alkyl halides is 3. The van der Waals surface area contributed by atoms with E-state index in [2.05, 4.69) is 29.1 Å². The highest BCUT2D eigenvalue weighted by Gasteiger charge is 2.31. The standard InChI is InChI=1S/C19H28F3N3O2/c1-13(19(20,21)22)12-17(14(2)27-16-8-10-23-11-9-16)25-18(26)24-15-6-4-3-5-7-15/h12,15-16,23H,1-11H2,(H2,24,25,26)/b17-12+. The zero-order chi connectivity index (χ0) is 19.9. The minimum Gasteiger partial charge on any atom is -0.489 e. The predicted molar refractivity (Wildman–Crippen MR) is 97.9 cm³/mol. The van der Waals surface area contributed by atoms with Gasteiger partial charge in [-0.15, -0.1) is 0 Å². The van der Waals surface area contributed by atoms with Crippen LogP contribution < -0.4 is 16.0 Å². The minimum absolute atomic E-state index is 0.00564. The van der Waals surface area contributed by atoms with Crippen LogP contribution in [0, 0.1) is 0 Å². The van der Waals surface area contributed by atoms with Gasteiger partial charge in [0.25, 0.3) is 0 Å². The van der Waals surface area contributed by atoms with Crippen molar-refractivity contribution in [3.63, 3.8) is 0 Å². The first-order valence-electron chi connectivity index (χ1n) is 9.37. The van der Waals surface area contributed by atoms with Crippen molar-refractivity contribution < 1.29 is 22.7 Å². The van der Waals surface area contributed by atoms with E-state index in [1.165, 1.54) is 0 Å². The number of carbonyl (C=O) groups excluding carboxylic acids is 1. The van der Waals surface area contributed by atoms with Crippen molar-refractivity contribution in [3.05, 3.63) is 36.3 Å². The summed E-state index contributed by atoms with van der Waals surface area (Å²) in [6.07, 6.45) is 2.41. The van der Waals surface area contributed by atoms with Crippen molar-refractivity contribution in [2.75, 3.05) is 13.1 Å². The predicted octanol–water partition coefficient (Wildman–Crippen LogP) is 3.90. The number of rotatable bonds is 6. The van der Waals surface area contributed by atoms with Gasteiger partial charge in [0.15, 0.2) is 0 Å². The number of hydrogen-bond donors (Lipinski definition) is 3. The lowest BCUT2D eigenvalue weighted by Crippen LogP contribution is -2.43. The Labute approximate surface area is 158 Å². The molecule has 152 valence electrons. The molecule has 27 heavy (non-hydrogen) atoms. The van der Waals surface area contributed by atoms with Gasteiger partial charge in [0.05, 0.1) is 11.3 Å². The molecule has 1 saturated carbocycles. The Kier molecular flexibility index (Phi) is 7.77. The molecule has 0 atom stereocenters. The van der Waals surface area contributed by atoms with Crippen LogP contribution in [0.4, 0.5) is 18.0 Å². The largest absolute Gasteiger partial charge is 0.489 e. The summed E-state index contributed by atoms with van der Waals surface area (Å²) in [5, 5.41) is 8.46. The number of carbonyl (C=O) groups is 1. The normalized spacial score (nSPS) is 20.0. The molecule has 1 aliphatic carbocycles. The van der Waals surface area contributed by atoms with Crippen molar-refractivity contribution in [1.29, 1.82) is 0 Å². The molecule has 2 fully saturated rings. The molecule has 0 spiro atoms. The van der Waals surface area contributed by atoms with Crippen molar-refractivity contribution in [3.8, 4) is 0 Å². The van der Waals surface area contributed by atoms with Crippen LogP contribution in [0.3, 0.4) is 0 Å². The number of allylic oxidation sites excluding steroid dienone is 2. The molecule has 0 radical (unpaired) electrons. The van der Waals surface area contributed by atoms with Crippen molar-refractivity contribution in [1.82, 2.24) is 16.0 Å². The van der Waals surface area contributed by atoms with Crippen molar-refractivity contribution >= 4 is 6.03 Å². The Bertz CT molecular complexity index is 575. The quantitative estimate of drug-likeness (QED) is 0.478. The highest BCUT2D eigenvalue weighted by Crippen LogP contribution is 2.27. The number of hydrogen-bond acceptors (Lipinski definition) is 3. The summed E-state index contributed by atoms with van der Waals surface area (Å²) in [6.45, 7) is 8.29. The van der Waals surface area contributed by atoms with Gasteiger partial charge >= 0.3 is 12.2 Å². The van der Waals surface area contributed by atoms with Crippen LogP contribution in [0.15, 0.2) is 36.3 Å². The summed E-state index contributed by atoms with van der Waals surface area (Å²) in [5.74, 6) is 0.00564. The van der Waals surface area contributed by atoms with Gasteiger partial charge in [-0.2, -0.15) is 13.2 Å². The molecule has 1 aliphatic heterocycles. The first kappa shape index (κ1) is 21.3. The van der Waals surface area contributed by atoms with E-state index in [-0.39, 0.29) is 23.6 Å². The molecule has 3 N–H and O–H groups in total. The van der Waals surface area contributed by atoms with Crippen LogP contribution in [-0.2, 0) is 4.74 Å².